The largest absolute Gasteiger partial charge is 0.388 e. The average molecular weight is 462 g/mol. The molecule has 29 heavy (non-hydrogen) atoms. The Morgan fingerprint density at radius 2 is 1.79 bits per heavy atom. The third kappa shape index (κ3) is 8.10. The predicted octanol–water partition coefficient (Wildman–Crippen LogP) is 3.28. The van der Waals surface area contributed by atoms with Crippen LogP contribution in [0.5, 0.6) is 0 Å². The molecule has 0 aliphatic carbocycles. The van der Waals surface area contributed by atoms with Crippen molar-refractivity contribution in [2.24, 2.45) is 5.92 Å². The highest BCUT2D eigenvalue weighted by molar-refractivity contribution is 7.92. The number of piperidine rings is 1. The molecule has 1 atom stereocenters. The van der Waals surface area contributed by atoms with E-state index in [0.29, 0.717) is 5.69 Å². The van der Waals surface area contributed by atoms with E-state index in [1.54, 1.807) is 24.3 Å². The van der Waals surface area contributed by atoms with Crippen molar-refractivity contribution in [3.8, 4) is 0 Å². The quantitative estimate of drug-likeness (QED) is 0.660. The second-order valence-electron chi connectivity index (χ2n) is 7.19. The average Bonchev–Trinajstić information content (AvgIpc) is 2.66. The van der Waals surface area contributed by atoms with Crippen LogP contribution >= 0.6 is 24.8 Å². The molecule has 6 nitrogen and oxygen atoms in total. The fourth-order valence-electron chi connectivity index (χ4n) is 3.55. The minimum Gasteiger partial charge on any atom is -0.388 e. The number of aromatic nitrogens is 1. The first-order chi connectivity index (χ1) is 12.9. The van der Waals surface area contributed by atoms with Crippen molar-refractivity contribution in [2.75, 3.05) is 30.6 Å². The van der Waals surface area contributed by atoms with Gasteiger partial charge in [0.05, 0.1) is 12.4 Å². The molecule has 1 aromatic carbocycles. The highest BCUT2D eigenvalue weighted by Gasteiger charge is 2.26. The Kier molecular flexibility index (Phi) is 10.4. The zero-order chi connectivity index (χ0) is 19.3. The van der Waals surface area contributed by atoms with Gasteiger partial charge in [-0.3, -0.25) is 9.71 Å². The molecule has 1 aliphatic heterocycles. The number of likely N-dealkylation sites (tertiary alicyclic amines) is 1. The summed E-state index contributed by atoms with van der Waals surface area (Å²) < 4.78 is 25.0. The van der Waals surface area contributed by atoms with Crippen LogP contribution in [0.2, 0.25) is 0 Å². The zero-order valence-electron chi connectivity index (χ0n) is 16.4. The summed E-state index contributed by atoms with van der Waals surface area (Å²) in [5, 5.41) is 10.7. The third-order valence-electron chi connectivity index (χ3n) is 5.04. The molecule has 1 saturated heterocycles. The van der Waals surface area contributed by atoms with E-state index in [1.165, 1.54) is 0 Å². The van der Waals surface area contributed by atoms with Crippen molar-refractivity contribution in [2.45, 2.75) is 25.4 Å². The summed E-state index contributed by atoms with van der Waals surface area (Å²) in [7, 11) is -3.28. The molecule has 3 rings (SSSR count). The number of aliphatic hydroxyl groups is 1. The van der Waals surface area contributed by atoms with E-state index < -0.39 is 16.1 Å². The number of hydrogen-bond donors (Lipinski definition) is 2. The van der Waals surface area contributed by atoms with Gasteiger partial charge < -0.3 is 10.0 Å². The number of rotatable bonds is 7. The molecule has 9 heteroatoms. The lowest BCUT2D eigenvalue weighted by atomic mass is 9.87. The van der Waals surface area contributed by atoms with Crippen LogP contribution < -0.4 is 4.72 Å². The zero-order valence-corrected chi connectivity index (χ0v) is 18.8. The molecular formula is C20H29Cl2N3O3S. The molecule has 1 unspecified atom stereocenters. The van der Waals surface area contributed by atoms with Crippen molar-refractivity contribution in [1.29, 1.82) is 0 Å². The number of sulfonamides is 1. The van der Waals surface area contributed by atoms with E-state index >= 15 is 0 Å². The highest BCUT2D eigenvalue weighted by atomic mass is 35.5. The van der Waals surface area contributed by atoms with Gasteiger partial charge in [0, 0.05) is 30.5 Å². The Balaban J connectivity index is 0.00000210. The number of pyridine rings is 1. The lowest BCUT2D eigenvalue weighted by molar-refractivity contribution is 0.0592. The van der Waals surface area contributed by atoms with Gasteiger partial charge in [0.2, 0.25) is 10.0 Å². The molecule has 2 heterocycles. The van der Waals surface area contributed by atoms with Crippen LogP contribution in [0.4, 0.5) is 5.69 Å². The topological polar surface area (TPSA) is 82.5 Å². The molecule has 1 aliphatic rings. The number of nitrogens with zero attached hydrogens (tertiary/aromatic N) is 2. The Morgan fingerprint density at radius 3 is 2.34 bits per heavy atom. The van der Waals surface area contributed by atoms with E-state index in [2.05, 4.69) is 20.7 Å². The van der Waals surface area contributed by atoms with Gasteiger partial charge in [-0.05, 0) is 61.7 Å². The van der Waals surface area contributed by atoms with E-state index in [9.17, 15) is 13.5 Å². The van der Waals surface area contributed by atoms with Gasteiger partial charge in [0.1, 0.15) is 0 Å². The summed E-state index contributed by atoms with van der Waals surface area (Å²) >= 11 is 0. The molecule has 1 fully saturated rings. The van der Waals surface area contributed by atoms with E-state index in [-0.39, 0.29) is 30.7 Å². The van der Waals surface area contributed by atoms with Gasteiger partial charge in [0.25, 0.3) is 0 Å². The minimum atomic E-state index is -3.28. The second-order valence-corrected chi connectivity index (χ2v) is 8.94. The number of aliphatic hydroxyl groups excluding tert-OH is 1. The summed E-state index contributed by atoms with van der Waals surface area (Å²) in [6, 6.07) is 13.0. The smallest absolute Gasteiger partial charge is 0.229 e. The maximum atomic E-state index is 11.3. The molecule has 2 N–H and O–H groups in total. The van der Waals surface area contributed by atoms with E-state index in [0.717, 1.165) is 56.4 Å². The summed E-state index contributed by atoms with van der Waals surface area (Å²) in [5.74, 6) is 0.227. The first kappa shape index (κ1) is 25.7. The van der Waals surface area contributed by atoms with Gasteiger partial charge >= 0.3 is 0 Å². The normalized spacial score (nSPS) is 16.3. The number of benzene rings is 1. The van der Waals surface area contributed by atoms with Crippen molar-refractivity contribution in [1.82, 2.24) is 9.88 Å². The van der Waals surface area contributed by atoms with Crippen molar-refractivity contribution >= 4 is 40.5 Å². The summed E-state index contributed by atoms with van der Waals surface area (Å²) in [6.45, 7) is 2.94. The van der Waals surface area contributed by atoms with Crippen molar-refractivity contribution in [3.05, 3.63) is 59.9 Å². The van der Waals surface area contributed by atoms with Gasteiger partial charge in [-0.1, -0.05) is 18.2 Å². The maximum Gasteiger partial charge on any atom is 0.229 e. The Labute approximate surface area is 185 Å². The maximum absolute atomic E-state index is 11.3. The Hall–Kier alpha value is -1.38. The second kappa shape index (κ2) is 11.7. The molecule has 0 radical (unpaired) electrons. The molecule has 0 spiro atoms. The highest BCUT2D eigenvalue weighted by Crippen LogP contribution is 2.31. The summed E-state index contributed by atoms with van der Waals surface area (Å²) in [6.07, 6.45) is 5.28. The molecule has 0 amide bonds. The van der Waals surface area contributed by atoms with Crippen LogP contribution in [-0.4, -0.2) is 49.3 Å². The van der Waals surface area contributed by atoms with Gasteiger partial charge in [-0.15, -0.1) is 24.8 Å². The standard InChI is InChI=1S/C20H27N3O3S.2ClH/c1-27(25,26)22-19-7-5-16(6-8-19)20(24)17-9-13-23(14-10-17)15-11-18-4-2-3-12-21-18;;/h2-8,12,17,20,22,24H,9-11,13-15H2,1H3;2*1H. The first-order valence-electron chi connectivity index (χ1n) is 9.29. The molecule has 162 valence electrons. The Bertz CT molecular complexity index is 828. The fraction of sp³-hybridized carbons (Fsp3) is 0.450. The van der Waals surface area contributed by atoms with Gasteiger partial charge in [-0.2, -0.15) is 0 Å². The lowest BCUT2D eigenvalue weighted by Gasteiger charge is -2.34. The van der Waals surface area contributed by atoms with Crippen LogP contribution in [0, 0.1) is 5.92 Å². The molecule has 1 aromatic heterocycles. The van der Waals surface area contributed by atoms with Gasteiger partial charge in [0.15, 0.2) is 0 Å². The number of anilines is 1. The monoisotopic (exact) mass is 461 g/mol. The van der Waals surface area contributed by atoms with Crippen molar-refractivity contribution < 1.29 is 13.5 Å². The predicted molar refractivity (Wildman–Crippen MR) is 121 cm³/mol. The van der Waals surface area contributed by atoms with E-state index in [4.69, 9.17) is 0 Å². The minimum absolute atomic E-state index is 0. The van der Waals surface area contributed by atoms with Gasteiger partial charge in [-0.25, -0.2) is 8.42 Å². The third-order valence-corrected chi connectivity index (χ3v) is 5.65. The van der Waals surface area contributed by atoms with Crippen LogP contribution in [0.15, 0.2) is 48.7 Å². The molecular weight excluding hydrogens is 433 g/mol. The molecule has 0 bridgehead atoms. The molecule has 0 saturated carbocycles. The Morgan fingerprint density at radius 1 is 1.14 bits per heavy atom. The van der Waals surface area contributed by atoms with Crippen LogP contribution in [0.3, 0.4) is 0 Å². The van der Waals surface area contributed by atoms with Crippen LogP contribution in [0.1, 0.15) is 30.2 Å². The van der Waals surface area contributed by atoms with Crippen molar-refractivity contribution in [3.63, 3.8) is 0 Å². The number of halogens is 2. The fourth-order valence-corrected chi connectivity index (χ4v) is 4.11. The number of nitrogens with one attached hydrogen (secondary N) is 1. The van der Waals surface area contributed by atoms with Crippen LogP contribution in [-0.2, 0) is 16.4 Å². The SMILES string of the molecule is CS(=O)(=O)Nc1ccc(C(O)C2CCN(CCc3ccccn3)CC2)cc1.Cl.Cl. The summed E-state index contributed by atoms with van der Waals surface area (Å²) in [4.78, 5) is 6.79. The lowest BCUT2D eigenvalue weighted by Crippen LogP contribution is -2.36. The molecule has 2 aromatic rings. The van der Waals surface area contributed by atoms with Crippen LogP contribution in [0.25, 0.3) is 0 Å². The number of hydrogen-bond acceptors (Lipinski definition) is 5. The first-order valence-corrected chi connectivity index (χ1v) is 11.2. The van der Waals surface area contributed by atoms with E-state index in [1.807, 2.05) is 18.3 Å². The summed E-state index contributed by atoms with van der Waals surface area (Å²) in [5.41, 5.74) is 2.46.